The number of piperidine rings is 1. The van der Waals surface area contributed by atoms with E-state index >= 15 is 0 Å². The lowest BCUT2D eigenvalue weighted by molar-refractivity contribution is -0.144. The number of nitrogens with zero attached hydrogens (tertiary/aromatic N) is 1. The Bertz CT molecular complexity index is 416. The molecule has 0 saturated carbocycles. The minimum absolute atomic E-state index is 0.111. The summed E-state index contributed by atoms with van der Waals surface area (Å²) >= 11 is 1.44. The summed E-state index contributed by atoms with van der Waals surface area (Å²) in [5.41, 5.74) is 0. The zero-order valence-corrected chi connectivity index (χ0v) is 11.0. The summed E-state index contributed by atoms with van der Waals surface area (Å²) in [6.45, 7) is 1.34. The van der Waals surface area contributed by atoms with E-state index in [0.717, 1.165) is 24.3 Å². The van der Waals surface area contributed by atoms with Crippen LogP contribution in [-0.2, 0) is 4.79 Å². The predicted molar refractivity (Wildman–Crippen MR) is 70.1 cm³/mol. The molecule has 1 unspecified atom stereocenters. The first-order valence-electron chi connectivity index (χ1n) is 6.22. The summed E-state index contributed by atoms with van der Waals surface area (Å²) in [4.78, 5) is 25.7. The summed E-state index contributed by atoms with van der Waals surface area (Å²) in [5.74, 6) is -0.655. The summed E-state index contributed by atoms with van der Waals surface area (Å²) in [7, 11) is 0. The maximum Gasteiger partial charge on any atom is 0.320 e. The molecule has 0 amide bonds. The van der Waals surface area contributed by atoms with Crippen molar-refractivity contribution in [3.8, 4) is 0 Å². The van der Waals surface area contributed by atoms with Crippen molar-refractivity contribution in [2.45, 2.75) is 31.7 Å². The Balaban J connectivity index is 1.88. The fraction of sp³-hybridized carbons (Fsp3) is 0.538. The van der Waals surface area contributed by atoms with Crippen LogP contribution >= 0.6 is 11.3 Å². The van der Waals surface area contributed by atoms with Crippen molar-refractivity contribution in [3.05, 3.63) is 22.4 Å². The van der Waals surface area contributed by atoms with E-state index in [0.29, 0.717) is 19.4 Å². The molecule has 18 heavy (non-hydrogen) atoms. The number of hydrogen-bond acceptors (Lipinski definition) is 4. The molecule has 2 heterocycles. The average Bonchev–Trinajstić information content (AvgIpc) is 2.90. The molecule has 1 atom stereocenters. The quantitative estimate of drug-likeness (QED) is 0.831. The summed E-state index contributed by atoms with van der Waals surface area (Å²) in [5, 5.41) is 11.0. The zero-order chi connectivity index (χ0) is 13.0. The van der Waals surface area contributed by atoms with Crippen molar-refractivity contribution in [1.29, 1.82) is 0 Å². The number of thiophene rings is 1. The molecule has 0 spiro atoms. The van der Waals surface area contributed by atoms with Crippen LogP contribution in [0.3, 0.4) is 0 Å². The minimum atomic E-state index is -0.765. The van der Waals surface area contributed by atoms with E-state index in [9.17, 15) is 9.59 Å². The van der Waals surface area contributed by atoms with Gasteiger partial charge in [0.1, 0.15) is 6.04 Å². The Morgan fingerprint density at radius 2 is 2.28 bits per heavy atom. The molecule has 1 saturated heterocycles. The largest absolute Gasteiger partial charge is 0.480 e. The molecular weight excluding hydrogens is 250 g/mol. The number of carbonyl (C=O) groups excluding carboxylic acids is 1. The number of carbonyl (C=O) groups is 2. The average molecular weight is 267 g/mol. The molecule has 1 fully saturated rings. The highest BCUT2D eigenvalue weighted by Crippen LogP contribution is 2.18. The van der Waals surface area contributed by atoms with Gasteiger partial charge < -0.3 is 5.11 Å². The number of rotatable bonds is 5. The lowest BCUT2D eigenvalue weighted by atomic mass is 10.0. The molecule has 1 aliphatic rings. The predicted octanol–water partition coefficient (Wildman–Crippen LogP) is 2.26. The Kier molecular flexibility index (Phi) is 4.49. The van der Waals surface area contributed by atoms with Crippen LogP contribution < -0.4 is 0 Å². The van der Waals surface area contributed by atoms with Crippen molar-refractivity contribution in [2.75, 3.05) is 13.1 Å². The summed E-state index contributed by atoms with van der Waals surface area (Å²) in [6, 6.07) is 3.27. The minimum Gasteiger partial charge on any atom is -0.480 e. The van der Waals surface area contributed by atoms with Crippen molar-refractivity contribution in [2.24, 2.45) is 0 Å². The molecule has 0 aromatic carbocycles. The van der Waals surface area contributed by atoms with Crippen LogP contribution in [0.1, 0.15) is 35.4 Å². The normalized spacial score (nSPS) is 20.8. The van der Waals surface area contributed by atoms with Gasteiger partial charge in [0, 0.05) is 13.0 Å². The standard InChI is InChI=1S/C13H17NO3S/c15-11(12-5-3-9-18-12)6-8-14-7-2-1-4-10(14)13(16)17/h3,5,9-10H,1-2,4,6-8H2,(H,16,17). The molecule has 98 valence electrons. The van der Waals surface area contributed by atoms with Crippen LogP contribution in [0.5, 0.6) is 0 Å². The summed E-state index contributed by atoms with van der Waals surface area (Å²) < 4.78 is 0. The highest BCUT2D eigenvalue weighted by molar-refractivity contribution is 7.12. The molecule has 0 bridgehead atoms. The van der Waals surface area contributed by atoms with Crippen LogP contribution in [-0.4, -0.2) is 40.9 Å². The third kappa shape index (κ3) is 3.17. The van der Waals surface area contributed by atoms with E-state index in [4.69, 9.17) is 5.11 Å². The SMILES string of the molecule is O=C(CCN1CCCCC1C(=O)O)c1cccs1. The van der Waals surface area contributed by atoms with Crippen molar-refractivity contribution >= 4 is 23.1 Å². The maximum atomic E-state index is 11.9. The molecule has 0 aliphatic carbocycles. The van der Waals surface area contributed by atoms with Gasteiger partial charge in [0.25, 0.3) is 0 Å². The molecular formula is C13H17NO3S. The van der Waals surface area contributed by atoms with Crippen molar-refractivity contribution < 1.29 is 14.7 Å². The lowest BCUT2D eigenvalue weighted by Gasteiger charge is -2.32. The van der Waals surface area contributed by atoms with Crippen LogP contribution in [0.4, 0.5) is 0 Å². The molecule has 1 aromatic rings. The van der Waals surface area contributed by atoms with Gasteiger partial charge in [-0.3, -0.25) is 14.5 Å². The van der Waals surface area contributed by atoms with E-state index in [1.807, 2.05) is 22.4 Å². The highest BCUT2D eigenvalue weighted by Gasteiger charge is 2.28. The second-order valence-electron chi connectivity index (χ2n) is 4.54. The van der Waals surface area contributed by atoms with Crippen molar-refractivity contribution in [1.82, 2.24) is 4.90 Å². The maximum absolute atomic E-state index is 11.9. The first-order valence-corrected chi connectivity index (χ1v) is 7.10. The topological polar surface area (TPSA) is 57.6 Å². The summed E-state index contributed by atoms with van der Waals surface area (Å²) in [6.07, 6.45) is 3.09. The second kappa shape index (κ2) is 6.11. The fourth-order valence-corrected chi connectivity index (χ4v) is 3.04. The molecule has 4 nitrogen and oxygen atoms in total. The third-order valence-corrected chi connectivity index (χ3v) is 4.23. The van der Waals surface area contributed by atoms with E-state index in [2.05, 4.69) is 0 Å². The monoisotopic (exact) mass is 267 g/mol. The Hall–Kier alpha value is -1.20. The second-order valence-corrected chi connectivity index (χ2v) is 5.48. The van der Waals surface area contributed by atoms with Gasteiger partial charge in [-0.2, -0.15) is 0 Å². The number of hydrogen-bond donors (Lipinski definition) is 1. The number of likely N-dealkylation sites (tertiary alicyclic amines) is 1. The molecule has 1 N–H and O–H groups in total. The van der Waals surface area contributed by atoms with E-state index in [-0.39, 0.29) is 5.78 Å². The zero-order valence-electron chi connectivity index (χ0n) is 10.2. The van der Waals surface area contributed by atoms with Crippen molar-refractivity contribution in [3.63, 3.8) is 0 Å². The van der Waals surface area contributed by atoms with Gasteiger partial charge in [0.2, 0.25) is 0 Å². The third-order valence-electron chi connectivity index (χ3n) is 3.32. The molecule has 0 radical (unpaired) electrons. The van der Waals surface area contributed by atoms with E-state index < -0.39 is 12.0 Å². The number of carboxylic acids is 1. The molecule has 2 rings (SSSR count). The first kappa shape index (κ1) is 13.2. The van der Waals surface area contributed by atoms with Gasteiger partial charge in [-0.15, -0.1) is 11.3 Å². The van der Waals surface area contributed by atoms with Crippen LogP contribution in [0.15, 0.2) is 17.5 Å². The lowest BCUT2D eigenvalue weighted by Crippen LogP contribution is -2.45. The Morgan fingerprint density at radius 3 is 2.94 bits per heavy atom. The van der Waals surface area contributed by atoms with Gasteiger partial charge in [-0.1, -0.05) is 12.5 Å². The van der Waals surface area contributed by atoms with Gasteiger partial charge in [0.05, 0.1) is 4.88 Å². The Morgan fingerprint density at radius 1 is 1.44 bits per heavy atom. The first-order chi connectivity index (χ1) is 8.68. The van der Waals surface area contributed by atoms with Gasteiger partial charge >= 0.3 is 5.97 Å². The fourth-order valence-electron chi connectivity index (χ4n) is 2.34. The smallest absolute Gasteiger partial charge is 0.320 e. The van der Waals surface area contributed by atoms with Crippen LogP contribution in [0, 0.1) is 0 Å². The number of ketones is 1. The number of carboxylic acid groups (broad SMARTS) is 1. The number of aliphatic carboxylic acids is 1. The van der Waals surface area contributed by atoms with Gasteiger partial charge in [0.15, 0.2) is 5.78 Å². The van der Waals surface area contributed by atoms with Gasteiger partial charge in [-0.05, 0) is 30.8 Å². The van der Waals surface area contributed by atoms with Crippen LogP contribution in [0.2, 0.25) is 0 Å². The van der Waals surface area contributed by atoms with Gasteiger partial charge in [-0.25, -0.2) is 0 Å². The Labute approximate surface area is 110 Å². The highest BCUT2D eigenvalue weighted by atomic mass is 32.1. The number of Topliss-reactive ketones (excluding diaryl/α,β-unsaturated/α-hetero) is 1. The molecule has 1 aliphatic heterocycles. The van der Waals surface area contributed by atoms with Crippen LogP contribution in [0.25, 0.3) is 0 Å². The van der Waals surface area contributed by atoms with E-state index in [1.165, 1.54) is 11.3 Å². The molecule has 5 heteroatoms. The molecule has 1 aromatic heterocycles. The van der Waals surface area contributed by atoms with E-state index in [1.54, 1.807) is 0 Å².